The average molecular weight is 371 g/mol. The van der Waals surface area contributed by atoms with Crippen molar-refractivity contribution < 1.29 is 8.42 Å². The van der Waals surface area contributed by atoms with Gasteiger partial charge < -0.3 is 0 Å². The Morgan fingerprint density at radius 2 is 1.60 bits per heavy atom. The monoisotopic (exact) mass is 370 g/mol. The van der Waals surface area contributed by atoms with Gasteiger partial charge in [-0.3, -0.25) is 0 Å². The third-order valence-corrected chi connectivity index (χ3v) is 7.22. The number of hydrogen-bond acceptors (Lipinski definition) is 4. The quantitative estimate of drug-likeness (QED) is 0.817. The van der Waals surface area contributed by atoms with Gasteiger partial charge in [-0.2, -0.15) is 10.5 Å². The lowest BCUT2D eigenvalue weighted by Crippen LogP contribution is -2.14. The fourth-order valence-corrected chi connectivity index (χ4v) is 5.57. The van der Waals surface area contributed by atoms with Gasteiger partial charge in [-0.05, 0) is 41.8 Å². The molecule has 0 N–H and O–H groups in total. The average Bonchev–Trinajstić information content (AvgIpc) is 3.33. The maximum atomic E-state index is 13.0. The van der Waals surface area contributed by atoms with Crippen molar-refractivity contribution in [1.29, 1.82) is 10.5 Å². The third kappa shape index (κ3) is 2.70. The predicted molar refractivity (Wildman–Crippen MR) is 94.6 cm³/mol. The maximum Gasteiger partial charge on any atom is 0.184 e. The summed E-state index contributed by atoms with van der Waals surface area (Å²) in [7, 11) is -3.83. The van der Waals surface area contributed by atoms with Crippen LogP contribution in [0.5, 0.6) is 0 Å². The smallest absolute Gasteiger partial charge is 0.184 e. The number of aryl methyl sites for hydroxylation is 1. The van der Waals surface area contributed by atoms with E-state index >= 15 is 0 Å². The van der Waals surface area contributed by atoms with Crippen LogP contribution in [0.2, 0.25) is 5.02 Å². The minimum absolute atomic E-state index is 0.0736. The maximum absolute atomic E-state index is 13.0. The number of nitriles is 2. The van der Waals surface area contributed by atoms with E-state index in [1.165, 1.54) is 24.3 Å². The van der Waals surface area contributed by atoms with Crippen molar-refractivity contribution in [1.82, 2.24) is 0 Å². The summed E-state index contributed by atoms with van der Waals surface area (Å²) < 4.78 is 26.0. The third-order valence-electron chi connectivity index (χ3n) is 4.73. The van der Waals surface area contributed by atoms with Crippen LogP contribution in [0.25, 0.3) is 0 Å². The summed E-state index contributed by atoms with van der Waals surface area (Å²) in [4.78, 5) is 0.0736. The molecule has 0 heterocycles. The zero-order chi connectivity index (χ0) is 18.2. The Bertz CT molecular complexity index is 970. The molecule has 0 spiro atoms. The van der Waals surface area contributed by atoms with Gasteiger partial charge in [0.1, 0.15) is 5.25 Å². The summed E-state index contributed by atoms with van der Waals surface area (Å²) in [5.41, 5.74) is 0.246. The lowest BCUT2D eigenvalue weighted by atomic mass is 10.0. The molecule has 4 nitrogen and oxygen atoms in total. The molecule has 1 saturated carbocycles. The van der Waals surface area contributed by atoms with E-state index < -0.39 is 26.4 Å². The number of benzene rings is 2. The van der Waals surface area contributed by atoms with E-state index in [1.54, 1.807) is 0 Å². The van der Waals surface area contributed by atoms with Crippen molar-refractivity contribution in [3.63, 3.8) is 0 Å². The van der Waals surface area contributed by atoms with Crippen LogP contribution in [0.3, 0.4) is 0 Å². The molecule has 1 fully saturated rings. The summed E-state index contributed by atoms with van der Waals surface area (Å²) >= 11 is 5.82. The lowest BCUT2D eigenvalue weighted by molar-refractivity contribution is 0.591. The number of hydrogen-bond donors (Lipinski definition) is 0. The van der Waals surface area contributed by atoms with E-state index in [0.29, 0.717) is 10.6 Å². The molecule has 0 saturated heterocycles. The minimum atomic E-state index is -3.83. The highest BCUT2D eigenvalue weighted by Gasteiger charge is 2.73. The molecule has 2 atom stereocenters. The molecule has 1 aliphatic rings. The topological polar surface area (TPSA) is 81.7 Å². The van der Waals surface area contributed by atoms with Gasteiger partial charge in [0.2, 0.25) is 0 Å². The van der Waals surface area contributed by atoms with Crippen molar-refractivity contribution >= 4 is 21.4 Å². The Morgan fingerprint density at radius 3 is 2.08 bits per heavy atom. The predicted octanol–water partition coefficient (Wildman–Crippen LogP) is 3.88. The second-order valence-corrected chi connectivity index (χ2v) is 8.59. The Morgan fingerprint density at radius 1 is 1.04 bits per heavy atom. The molecule has 0 bridgehead atoms. The lowest BCUT2D eigenvalue weighted by Gasteiger charge is -2.04. The molecule has 0 unspecified atom stereocenters. The molecule has 0 radical (unpaired) electrons. The molecular formula is C19H15ClN2O2S. The van der Waals surface area contributed by atoms with Crippen molar-refractivity contribution in [3.8, 4) is 12.1 Å². The van der Waals surface area contributed by atoms with E-state index in [4.69, 9.17) is 11.6 Å². The number of rotatable bonds is 4. The number of nitrogens with zero attached hydrogens (tertiary/aromatic N) is 2. The second kappa shape index (κ2) is 6.19. The van der Waals surface area contributed by atoms with Crippen LogP contribution in [-0.4, -0.2) is 13.7 Å². The summed E-state index contributed by atoms with van der Waals surface area (Å²) in [6.45, 7) is 2.02. The molecule has 2 aromatic carbocycles. The molecule has 1 aliphatic carbocycles. The Balaban J connectivity index is 2.06. The number of halogens is 1. The second-order valence-electron chi connectivity index (χ2n) is 6.08. The summed E-state index contributed by atoms with van der Waals surface area (Å²) in [5, 5.41) is 18.5. The summed E-state index contributed by atoms with van der Waals surface area (Å²) in [5.74, 6) is -0.658. The first-order valence-corrected chi connectivity index (χ1v) is 9.74. The van der Waals surface area contributed by atoms with E-state index in [0.717, 1.165) is 12.0 Å². The van der Waals surface area contributed by atoms with Crippen LogP contribution in [-0.2, 0) is 16.3 Å². The van der Waals surface area contributed by atoms with Crippen molar-refractivity contribution in [2.45, 2.75) is 29.4 Å². The van der Waals surface area contributed by atoms with Crippen molar-refractivity contribution in [3.05, 3.63) is 64.7 Å². The van der Waals surface area contributed by atoms with Gasteiger partial charge in [-0.1, -0.05) is 42.8 Å². The first kappa shape index (κ1) is 17.5. The van der Waals surface area contributed by atoms with Gasteiger partial charge in [-0.25, -0.2) is 8.42 Å². The molecule has 126 valence electrons. The Kier molecular flexibility index (Phi) is 4.33. The minimum Gasteiger partial charge on any atom is -0.223 e. The SMILES string of the molecule is CCc1ccc([C@H]2[C@@H](S(=O)(=O)c3ccc(Cl)cc3)C2(C#N)C#N)cc1. The first-order chi connectivity index (χ1) is 11.9. The van der Waals surface area contributed by atoms with E-state index in [2.05, 4.69) is 0 Å². The van der Waals surface area contributed by atoms with Gasteiger partial charge in [0, 0.05) is 10.9 Å². The molecule has 6 heteroatoms. The van der Waals surface area contributed by atoms with Crippen molar-refractivity contribution in [2.75, 3.05) is 0 Å². The first-order valence-electron chi connectivity index (χ1n) is 7.81. The van der Waals surface area contributed by atoms with Crippen LogP contribution in [0.4, 0.5) is 0 Å². The van der Waals surface area contributed by atoms with Crippen LogP contribution in [0.1, 0.15) is 24.0 Å². The molecular weight excluding hydrogens is 356 g/mol. The van der Waals surface area contributed by atoms with Crippen LogP contribution < -0.4 is 0 Å². The molecule has 0 amide bonds. The van der Waals surface area contributed by atoms with Gasteiger partial charge in [0.05, 0.1) is 17.0 Å². The largest absolute Gasteiger partial charge is 0.223 e. The fraction of sp³-hybridized carbons (Fsp3) is 0.263. The summed E-state index contributed by atoms with van der Waals surface area (Å²) in [6, 6.07) is 17.1. The highest BCUT2D eigenvalue weighted by molar-refractivity contribution is 7.92. The normalized spacial score (nSPS) is 21.1. The highest BCUT2D eigenvalue weighted by Crippen LogP contribution is 2.63. The Hall–Kier alpha value is -2.34. The molecule has 2 aromatic rings. The van der Waals surface area contributed by atoms with E-state index in [9.17, 15) is 18.9 Å². The molecule has 25 heavy (non-hydrogen) atoms. The van der Waals surface area contributed by atoms with Gasteiger partial charge in [0.15, 0.2) is 15.3 Å². The van der Waals surface area contributed by atoms with Crippen molar-refractivity contribution in [2.24, 2.45) is 5.41 Å². The molecule has 0 aliphatic heterocycles. The molecule has 3 rings (SSSR count). The fourth-order valence-electron chi connectivity index (χ4n) is 3.24. The summed E-state index contributed by atoms with van der Waals surface area (Å²) in [6.07, 6.45) is 0.860. The van der Waals surface area contributed by atoms with Crippen LogP contribution in [0, 0.1) is 28.1 Å². The van der Waals surface area contributed by atoms with E-state index in [1.807, 2.05) is 43.3 Å². The molecule has 0 aromatic heterocycles. The van der Waals surface area contributed by atoms with Gasteiger partial charge in [-0.15, -0.1) is 0 Å². The standard InChI is InChI=1S/C19H15ClN2O2S/c1-2-13-3-5-14(6-4-13)17-18(19(17,11-21)12-22)25(23,24)16-9-7-15(20)8-10-16/h3-10,17-18H,2H2,1H3/t17-,18+/m0/s1. The zero-order valence-electron chi connectivity index (χ0n) is 13.5. The number of sulfone groups is 1. The zero-order valence-corrected chi connectivity index (χ0v) is 15.1. The Labute approximate surface area is 152 Å². The highest BCUT2D eigenvalue weighted by atomic mass is 35.5. The van der Waals surface area contributed by atoms with Gasteiger partial charge in [0.25, 0.3) is 0 Å². The van der Waals surface area contributed by atoms with E-state index in [-0.39, 0.29) is 4.90 Å². The van der Waals surface area contributed by atoms with Crippen LogP contribution >= 0.6 is 11.6 Å². The van der Waals surface area contributed by atoms with Crippen LogP contribution in [0.15, 0.2) is 53.4 Å². The van der Waals surface area contributed by atoms with Gasteiger partial charge >= 0.3 is 0 Å².